The van der Waals surface area contributed by atoms with Gasteiger partial charge in [0.25, 0.3) is 11.8 Å². The molecule has 0 saturated heterocycles. The van der Waals surface area contributed by atoms with Crippen LogP contribution in [0.15, 0.2) is 0 Å². The monoisotopic (exact) mass is 294 g/mol. The minimum Gasteiger partial charge on any atom is -0.391 e. The first-order chi connectivity index (χ1) is 8.72. The van der Waals surface area contributed by atoms with E-state index >= 15 is 0 Å². The maximum Gasteiger partial charge on any atom is 0.293 e. The Bertz CT molecular complexity index is 240. The minimum atomic E-state index is -3.38. The molecule has 0 bridgehead atoms. The fourth-order valence-electron chi connectivity index (χ4n) is 0.960. The van der Waals surface area contributed by atoms with Crippen molar-refractivity contribution >= 4 is 0 Å². The fraction of sp³-hybridized carbons (Fsp3) is 1.00. The van der Waals surface area contributed by atoms with E-state index in [1.165, 1.54) is 0 Å². The fourth-order valence-corrected chi connectivity index (χ4v) is 0.960. The second-order valence-electron chi connectivity index (χ2n) is 4.04. The van der Waals surface area contributed by atoms with E-state index in [-0.39, 0.29) is 13.0 Å². The van der Waals surface area contributed by atoms with Gasteiger partial charge in [-0.1, -0.05) is 0 Å². The molecule has 0 radical (unpaired) electrons. The number of halogens is 4. The van der Waals surface area contributed by atoms with Gasteiger partial charge < -0.3 is 24.8 Å². The molecule has 0 fully saturated rings. The van der Waals surface area contributed by atoms with Gasteiger partial charge in [-0.15, -0.1) is 0 Å². The molecule has 116 valence electrons. The zero-order chi connectivity index (χ0) is 14.9. The minimum absolute atomic E-state index is 0.0772. The van der Waals surface area contributed by atoms with Gasteiger partial charge in [0.05, 0.1) is 12.7 Å². The van der Waals surface area contributed by atoms with E-state index in [0.29, 0.717) is 0 Å². The van der Waals surface area contributed by atoms with E-state index in [4.69, 9.17) is 10.2 Å². The summed E-state index contributed by atoms with van der Waals surface area (Å²) in [7, 11) is 0. The van der Waals surface area contributed by atoms with Crippen molar-refractivity contribution < 1.29 is 42.4 Å². The molecule has 0 aliphatic heterocycles. The normalized spacial score (nSPS) is 14.7. The lowest BCUT2D eigenvalue weighted by atomic mass is 10.3. The number of alkyl halides is 4. The highest BCUT2D eigenvalue weighted by molar-refractivity contribution is 4.64. The molecule has 0 saturated carbocycles. The van der Waals surface area contributed by atoms with Gasteiger partial charge in [0.2, 0.25) is 0 Å². The van der Waals surface area contributed by atoms with E-state index in [0.717, 1.165) is 0 Å². The van der Waals surface area contributed by atoms with Gasteiger partial charge >= 0.3 is 0 Å². The molecule has 0 aromatic carbocycles. The van der Waals surface area contributed by atoms with Gasteiger partial charge in [-0.25, -0.2) is 17.6 Å². The maximum absolute atomic E-state index is 12.5. The van der Waals surface area contributed by atoms with E-state index in [2.05, 4.69) is 9.47 Å². The molecule has 0 aliphatic carbocycles. The van der Waals surface area contributed by atoms with Crippen molar-refractivity contribution in [2.24, 2.45) is 0 Å². The van der Waals surface area contributed by atoms with Crippen molar-refractivity contribution in [2.45, 2.75) is 24.4 Å². The first-order valence-corrected chi connectivity index (χ1v) is 5.53. The number of hydrogen-bond donors (Lipinski definition) is 3. The molecule has 0 heterocycles. The Balaban J connectivity index is 3.58. The summed E-state index contributed by atoms with van der Waals surface area (Å²) >= 11 is 0. The molecule has 1 atom stereocenters. The molecular weight excluding hydrogens is 276 g/mol. The predicted octanol–water partition coefficient (Wildman–Crippen LogP) is 0.0258. The number of aliphatic hydroxyl groups is 3. The summed E-state index contributed by atoms with van der Waals surface area (Å²) < 4.78 is 58.9. The van der Waals surface area contributed by atoms with E-state index in [1.807, 2.05) is 0 Å². The van der Waals surface area contributed by atoms with Crippen LogP contribution >= 0.6 is 0 Å². The Hall–Kier alpha value is -0.480. The third-order valence-electron chi connectivity index (χ3n) is 1.99. The lowest BCUT2D eigenvalue weighted by molar-refractivity contribution is -0.123. The third kappa shape index (κ3) is 10.0. The molecule has 0 aromatic rings. The van der Waals surface area contributed by atoms with Crippen LogP contribution in [0, 0.1) is 0 Å². The van der Waals surface area contributed by atoms with Crippen molar-refractivity contribution in [3.63, 3.8) is 0 Å². The molecule has 0 rings (SSSR count). The van der Waals surface area contributed by atoms with Crippen molar-refractivity contribution in [3.05, 3.63) is 0 Å². The van der Waals surface area contributed by atoms with Crippen LogP contribution in [0.4, 0.5) is 17.6 Å². The lowest BCUT2D eigenvalue weighted by Crippen LogP contribution is -2.31. The molecule has 5 nitrogen and oxygen atoms in total. The average molecular weight is 294 g/mol. The zero-order valence-electron chi connectivity index (χ0n) is 10.2. The van der Waals surface area contributed by atoms with E-state index < -0.39 is 51.0 Å². The molecule has 19 heavy (non-hydrogen) atoms. The highest BCUT2D eigenvalue weighted by Crippen LogP contribution is 2.13. The average Bonchev–Trinajstić information content (AvgIpc) is 2.34. The Morgan fingerprint density at radius 3 is 1.84 bits per heavy atom. The van der Waals surface area contributed by atoms with Crippen molar-refractivity contribution in [1.82, 2.24) is 0 Å². The van der Waals surface area contributed by atoms with Crippen LogP contribution in [0.2, 0.25) is 0 Å². The predicted molar refractivity (Wildman–Crippen MR) is 56.3 cm³/mol. The largest absolute Gasteiger partial charge is 0.391 e. The van der Waals surface area contributed by atoms with Gasteiger partial charge in [0, 0.05) is 6.61 Å². The first kappa shape index (κ1) is 18.5. The second kappa shape index (κ2) is 8.64. The van der Waals surface area contributed by atoms with Gasteiger partial charge in [-0.3, -0.25) is 0 Å². The third-order valence-corrected chi connectivity index (χ3v) is 1.99. The van der Waals surface area contributed by atoms with Crippen molar-refractivity contribution in [1.29, 1.82) is 0 Å². The number of rotatable bonds is 11. The highest BCUT2D eigenvalue weighted by atomic mass is 19.3. The van der Waals surface area contributed by atoms with Gasteiger partial charge in [-0.05, 0) is 6.42 Å². The number of ether oxygens (including phenoxy) is 2. The van der Waals surface area contributed by atoms with Crippen LogP contribution in [0.25, 0.3) is 0 Å². The summed E-state index contributed by atoms with van der Waals surface area (Å²) in [6.45, 7) is -5.37. The Labute approximate surface area is 107 Å². The topological polar surface area (TPSA) is 79.2 Å². The number of hydrogen-bond acceptors (Lipinski definition) is 5. The van der Waals surface area contributed by atoms with Crippen LogP contribution in [0.5, 0.6) is 0 Å². The van der Waals surface area contributed by atoms with Crippen LogP contribution in [-0.4, -0.2) is 72.9 Å². The van der Waals surface area contributed by atoms with Crippen molar-refractivity contribution in [3.8, 4) is 0 Å². The highest BCUT2D eigenvalue weighted by Gasteiger charge is 2.29. The maximum atomic E-state index is 12.5. The Kier molecular flexibility index (Phi) is 8.42. The van der Waals surface area contributed by atoms with Crippen LogP contribution in [0.1, 0.15) is 6.42 Å². The van der Waals surface area contributed by atoms with Gasteiger partial charge in [-0.2, -0.15) is 0 Å². The zero-order valence-corrected chi connectivity index (χ0v) is 10.2. The van der Waals surface area contributed by atoms with Crippen LogP contribution in [0.3, 0.4) is 0 Å². The molecule has 0 aromatic heterocycles. The molecule has 1 unspecified atom stereocenters. The van der Waals surface area contributed by atoms with Crippen LogP contribution < -0.4 is 0 Å². The standard InChI is InChI=1S/C10H18F4O5/c11-9(12,4-15)6-18-2-1-8(17)3-19-7-10(13,14)5-16/h8,15-17H,1-7H2. The molecule has 0 aliphatic rings. The summed E-state index contributed by atoms with van der Waals surface area (Å²) in [6, 6.07) is 0. The lowest BCUT2D eigenvalue weighted by Gasteiger charge is -2.17. The van der Waals surface area contributed by atoms with E-state index in [9.17, 15) is 22.7 Å². The molecule has 0 amide bonds. The molecule has 9 heteroatoms. The second-order valence-corrected chi connectivity index (χ2v) is 4.04. The molecule has 3 N–H and O–H groups in total. The van der Waals surface area contributed by atoms with E-state index in [1.54, 1.807) is 0 Å². The summed E-state index contributed by atoms with van der Waals surface area (Å²) in [5.41, 5.74) is 0. The number of aliphatic hydroxyl groups excluding tert-OH is 3. The summed E-state index contributed by atoms with van der Waals surface area (Å²) in [5, 5.41) is 25.7. The molecular formula is C10H18F4O5. The SMILES string of the molecule is OCC(F)(F)COCCC(O)COCC(F)(F)CO. The van der Waals surface area contributed by atoms with Crippen LogP contribution in [-0.2, 0) is 9.47 Å². The van der Waals surface area contributed by atoms with Crippen molar-refractivity contribution in [2.75, 3.05) is 39.6 Å². The molecule has 0 spiro atoms. The summed E-state index contributed by atoms with van der Waals surface area (Å²) in [4.78, 5) is 0. The summed E-state index contributed by atoms with van der Waals surface area (Å²) in [6.07, 6.45) is -1.22. The smallest absolute Gasteiger partial charge is 0.293 e. The summed E-state index contributed by atoms with van der Waals surface area (Å²) in [5.74, 6) is -6.72. The Morgan fingerprint density at radius 1 is 0.895 bits per heavy atom. The Morgan fingerprint density at radius 2 is 1.37 bits per heavy atom. The first-order valence-electron chi connectivity index (χ1n) is 5.53. The van der Waals surface area contributed by atoms with Gasteiger partial charge in [0.1, 0.15) is 26.4 Å². The quantitative estimate of drug-likeness (QED) is 0.370. The van der Waals surface area contributed by atoms with Gasteiger partial charge in [0.15, 0.2) is 0 Å².